The van der Waals surface area contributed by atoms with Gasteiger partial charge in [0.25, 0.3) is 0 Å². The van der Waals surface area contributed by atoms with E-state index in [-0.39, 0.29) is 17.8 Å². The van der Waals surface area contributed by atoms with E-state index in [0.717, 1.165) is 44.9 Å². The molecule has 0 aromatic heterocycles. The van der Waals surface area contributed by atoms with Gasteiger partial charge in [-0.15, -0.1) is 0 Å². The van der Waals surface area contributed by atoms with Gasteiger partial charge in [0.1, 0.15) is 11.6 Å². The molecule has 26 heavy (non-hydrogen) atoms. The number of carbonyl (C=O) groups excluding carboxylic acids is 1. The second kappa shape index (κ2) is 8.41. The zero-order valence-electron chi connectivity index (χ0n) is 15.0. The Hall–Kier alpha value is -2.27. The maximum atomic E-state index is 13.6. The lowest BCUT2D eigenvalue weighted by Crippen LogP contribution is -2.46. The molecule has 0 spiro atoms. The number of hydrogen-bond acceptors (Lipinski definition) is 3. The lowest BCUT2D eigenvalue weighted by Gasteiger charge is -2.36. The Morgan fingerprint density at radius 2 is 1.77 bits per heavy atom. The van der Waals surface area contributed by atoms with Gasteiger partial charge in [-0.2, -0.15) is 0 Å². The van der Waals surface area contributed by atoms with Crippen LogP contribution in [0.2, 0.25) is 0 Å². The van der Waals surface area contributed by atoms with Crippen molar-refractivity contribution in [2.24, 2.45) is 0 Å². The van der Waals surface area contributed by atoms with Crippen LogP contribution in [0.15, 0.2) is 42.5 Å². The molecule has 0 aliphatic carbocycles. The molecule has 138 valence electrons. The van der Waals surface area contributed by atoms with E-state index in [0.29, 0.717) is 6.42 Å². The third-order valence-corrected chi connectivity index (χ3v) is 4.94. The average molecular weight is 358 g/mol. The molecule has 5 heteroatoms. The number of hydrogen-bond donors (Lipinski definition) is 0. The van der Waals surface area contributed by atoms with E-state index in [2.05, 4.69) is 41.0 Å². The van der Waals surface area contributed by atoms with Gasteiger partial charge >= 0.3 is 0 Å². The van der Waals surface area contributed by atoms with Crippen molar-refractivity contribution in [3.63, 3.8) is 0 Å². The minimum Gasteiger partial charge on any atom is -0.369 e. The van der Waals surface area contributed by atoms with Crippen LogP contribution in [0.3, 0.4) is 0 Å². The third kappa shape index (κ3) is 4.47. The molecular formula is C21H24F2N2O. The number of nitrogens with zero attached hydrogens (tertiary/aromatic N) is 2. The fraction of sp³-hybridized carbons (Fsp3) is 0.381. The number of aryl methyl sites for hydroxylation is 1. The van der Waals surface area contributed by atoms with E-state index in [4.69, 9.17) is 0 Å². The maximum absolute atomic E-state index is 13.6. The summed E-state index contributed by atoms with van der Waals surface area (Å²) in [6.45, 7) is 6.77. The van der Waals surface area contributed by atoms with Crippen molar-refractivity contribution in [3.8, 4) is 0 Å². The summed E-state index contributed by atoms with van der Waals surface area (Å²) in [5.74, 6) is -1.70. The molecule has 1 aliphatic heterocycles. The summed E-state index contributed by atoms with van der Waals surface area (Å²) in [6.07, 6.45) is 0.959. The molecule has 0 unspecified atom stereocenters. The van der Waals surface area contributed by atoms with Gasteiger partial charge in [0, 0.05) is 44.4 Å². The summed E-state index contributed by atoms with van der Waals surface area (Å²) < 4.78 is 26.6. The molecule has 0 radical (unpaired) electrons. The minimum atomic E-state index is -0.776. The highest BCUT2D eigenvalue weighted by atomic mass is 19.1. The smallest absolute Gasteiger partial charge is 0.165 e. The first kappa shape index (κ1) is 18.5. The van der Waals surface area contributed by atoms with Gasteiger partial charge in [0.15, 0.2) is 5.78 Å². The largest absolute Gasteiger partial charge is 0.369 e. The SMILES string of the molecule is Cc1ccccc1N1CCN(CCCC(=O)c2ccc(F)cc2F)CC1. The number of Topliss-reactive ketones (excluding diaryl/α,β-unsaturated/α-hetero) is 1. The quantitative estimate of drug-likeness (QED) is 0.728. The highest BCUT2D eigenvalue weighted by Crippen LogP contribution is 2.21. The normalized spacial score (nSPS) is 15.3. The number of benzene rings is 2. The summed E-state index contributed by atoms with van der Waals surface area (Å²) in [7, 11) is 0. The summed E-state index contributed by atoms with van der Waals surface area (Å²) in [5, 5.41) is 0. The van der Waals surface area contributed by atoms with Gasteiger partial charge in [0.05, 0.1) is 5.56 Å². The summed E-state index contributed by atoms with van der Waals surface area (Å²) in [4.78, 5) is 16.8. The molecule has 3 nitrogen and oxygen atoms in total. The summed E-state index contributed by atoms with van der Waals surface area (Å²) in [6, 6.07) is 11.5. The Labute approximate surface area is 153 Å². The Morgan fingerprint density at radius 3 is 2.46 bits per heavy atom. The number of rotatable bonds is 6. The van der Waals surface area contributed by atoms with Crippen LogP contribution < -0.4 is 4.90 Å². The Balaban J connectivity index is 1.44. The molecule has 0 N–H and O–H groups in total. The van der Waals surface area contributed by atoms with Gasteiger partial charge in [-0.1, -0.05) is 18.2 Å². The molecule has 2 aromatic rings. The first-order valence-corrected chi connectivity index (χ1v) is 9.06. The van der Waals surface area contributed by atoms with E-state index < -0.39 is 11.6 Å². The average Bonchev–Trinajstić information content (AvgIpc) is 2.63. The lowest BCUT2D eigenvalue weighted by molar-refractivity contribution is 0.0970. The topological polar surface area (TPSA) is 23.6 Å². The zero-order chi connectivity index (χ0) is 18.5. The fourth-order valence-corrected chi connectivity index (χ4v) is 3.44. The predicted octanol–water partition coefficient (Wildman–Crippen LogP) is 4.06. The molecule has 0 saturated carbocycles. The molecule has 3 rings (SSSR count). The van der Waals surface area contributed by atoms with Crippen LogP contribution in [0.4, 0.5) is 14.5 Å². The summed E-state index contributed by atoms with van der Waals surface area (Å²) >= 11 is 0. The second-order valence-electron chi connectivity index (χ2n) is 6.77. The van der Waals surface area contributed by atoms with E-state index in [1.807, 2.05) is 0 Å². The molecule has 0 atom stereocenters. The fourth-order valence-electron chi connectivity index (χ4n) is 3.44. The zero-order valence-corrected chi connectivity index (χ0v) is 15.0. The number of carbonyl (C=O) groups is 1. The Bertz CT molecular complexity index is 770. The first-order valence-electron chi connectivity index (χ1n) is 9.06. The molecular weight excluding hydrogens is 334 g/mol. The summed E-state index contributed by atoms with van der Waals surface area (Å²) in [5.41, 5.74) is 2.55. The van der Waals surface area contributed by atoms with E-state index >= 15 is 0 Å². The second-order valence-corrected chi connectivity index (χ2v) is 6.77. The van der Waals surface area contributed by atoms with Crippen molar-refractivity contribution in [1.29, 1.82) is 0 Å². The van der Waals surface area contributed by atoms with Crippen LogP contribution in [-0.2, 0) is 0 Å². The first-order chi connectivity index (χ1) is 12.5. The van der Waals surface area contributed by atoms with Gasteiger partial charge in [0.2, 0.25) is 0 Å². The molecule has 2 aromatic carbocycles. The Morgan fingerprint density at radius 1 is 1.04 bits per heavy atom. The predicted molar refractivity (Wildman–Crippen MR) is 99.8 cm³/mol. The highest BCUT2D eigenvalue weighted by molar-refractivity contribution is 5.96. The van der Waals surface area contributed by atoms with Crippen LogP contribution in [-0.4, -0.2) is 43.4 Å². The van der Waals surface area contributed by atoms with Gasteiger partial charge in [-0.3, -0.25) is 9.69 Å². The van der Waals surface area contributed by atoms with Crippen molar-refractivity contribution in [1.82, 2.24) is 4.90 Å². The highest BCUT2D eigenvalue weighted by Gasteiger charge is 2.18. The van der Waals surface area contributed by atoms with Crippen molar-refractivity contribution >= 4 is 11.5 Å². The van der Waals surface area contributed by atoms with Crippen LogP contribution in [0.1, 0.15) is 28.8 Å². The molecule has 1 aliphatic rings. The van der Waals surface area contributed by atoms with Crippen LogP contribution in [0.5, 0.6) is 0 Å². The number of anilines is 1. The number of halogens is 2. The van der Waals surface area contributed by atoms with Crippen LogP contribution in [0, 0.1) is 18.6 Å². The van der Waals surface area contributed by atoms with Gasteiger partial charge in [-0.25, -0.2) is 8.78 Å². The minimum absolute atomic E-state index is 0.0178. The molecule has 1 heterocycles. The van der Waals surface area contributed by atoms with Crippen molar-refractivity contribution in [3.05, 3.63) is 65.2 Å². The molecule has 0 amide bonds. The molecule has 0 bridgehead atoms. The number of piperazine rings is 1. The Kier molecular flexibility index (Phi) is 5.99. The standard InChI is InChI=1S/C21H24F2N2O/c1-16-5-2-3-6-20(16)25-13-11-24(12-14-25)10-4-7-21(26)18-9-8-17(22)15-19(18)23/h2-3,5-6,8-9,15H,4,7,10-14H2,1H3. The molecule has 1 saturated heterocycles. The number of ketones is 1. The van der Waals surface area contributed by atoms with E-state index in [9.17, 15) is 13.6 Å². The third-order valence-electron chi connectivity index (χ3n) is 4.94. The monoisotopic (exact) mass is 358 g/mol. The lowest BCUT2D eigenvalue weighted by atomic mass is 10.1. The van der Waals surface area contributed by atoms with E-state index in [1.165, 1.54) is 17.3 Å². The van der Waals surface area contributed by atoms with Crippen molar-refractivity contribution in [2.75, 3.05) is 37.6 Å². The van der Waals surface area contributed by atoms with Crippen molar-refractivity contribution in [2.45, 2.75) is 19.8 Å². The van der Waals surface area contributed by atoms with Gasteiger partial charge in [-0.05, 0) is 43.7 Å². The molecule has 1 fully saturated rings. The van der Waals surface area contributed by atoms with Crippen LogP contribution >= 0.6 is 0 Å². The maximum Gasteiger partial charge on any atom is 0.165 e. The van der Waals surface area contributed by atoms with Crippen LogP contribution in [0.25, 0.3) is 0 Å². The van der Waals surface area contributed by atoms with Gasteiger partial charge < -0.3 is 4.90 Å². The van der Waals surface area contributed by atoms with Crippen molar-refractivity contribution < 1.29 is 13.6 Å². The number of para-hydroxylation sites is 1. The van der Waals surface area contributed by atoms with E-state index in [1.54, 1.807) is 0 Å².